The molecule has 0 aliphatic rings. The molecule has 0 spiro atoms. The van der Waals surface area contributed by atoms with Crippen LogP contribution in [0.4, 0.5) is 0 Å². The molecule has 0 aliphatic heterocycles. The topological polar surface area (TPSA) is 229 Å². The summed E-state index contributed by atoms with van der Waals surface area (Å²) >= 11 is 1.52. The van der Waals surface area contributed by atoms with E-state index in [0.29, 0.717) is 18.6 Å². The summed E-state index contributed by atoms with van der Waals surface area (Å²) in [5.41, 5.74) is 21.3. The van der Waals surface area contributed by atoms with E-state index < -0.39 is 41.8 Å². The molecule has 0 saturated carbocycles. The van der Waals surface area contributed by atoms with Crippen LogP contribution in [0.5, 0.6) is 0 Å². The number of hydrogen-bond donors (Lipinski definition) is 7. The minimum absolute atomic E-state index is 0.0710. The van der Waals surface area contributed by atoms with Crippen LogP contribution in [0.25, 0.3) is 0 Å². The monoisotopic (exact) mass is 433 g/mol. The van der Waals surface area contributed by atoms with Crippen molar-refractivity contribution in [2.75, 3.05) is 18.6 Å². The van der Waals surface area contributed by atoms with Crippen LogP contribution in [0.1, 0.15) is 32.1 Å². The first kappa shape index (κ1) is 26.5. The molecule has 0 fully saturated rings. The minimum Gasteiger partial charge on any atom is -0.480 e. The van der Waals surface area contributed by atoms with E-state index in [1.165, 1.54) is 11.8 Å². The smallest absolute Gasteiger partial charge is 0.326 e. The molecular weight excluding hydrogens is 402 g/mol. The standard InChI is InChI=1S/C16H31N7O5S/c1-29-8-6-9(17)13(25)22-10(4-5-12(18)24)14(26)23-11(15(27)28)3-2-7-21-16(19)20/h9-11H,2-8,17H2,1H3,(H2,18,24)(H,22,25)(H,23,26)(H,27,28)(H4,19,20,21). The van der Waals surface area contributed by atoms with Crippen LogP contribution in [-0.4, -0.2) is 71.4 Å². The molecule has 3 atom stereocenters. The lowest BCUT2D eigenvalue weighted by Crippen LogP contribution is -2.54. The number of nitrogens with zero attached hydrogens (tertiary/aromatic N) is 1. The summed E-state index contributed by atoms with van der Waals surface area (Å²) in [5, 5.41) is 14.1. The van der Waals surface area contributed by atoms with Crippen LogP contribution in [-0.2, 0) is 19.2 Å². The van der Waals surface area contributed by atoms with Crippen molar-refractivity contribution in [1.82, 2.24) is 10.6 Å². The maximum Gasteiger partial charge on any atom is 0.326 e. The van der Waals surface area contributed by atoms with Crippen LogP contribution < -0.4 is 33.6 Å². The van der Waals surface area contributed by atoms with Crippen molar-refractivity contribution >= 4 is 41.4 Å². The number of carbonyl (C=O) groups excluding carboxylic acids is 3. The first-order valence-corrected chi connectivity index (χ1v) is 10.4. The molecule has 0 bridgehead atoms. The predicted molar refractivity (Wildman–Crippen MR) is 111 cm³/mol. The fourth-order valence-corrected chi connectivity index (χ4v) is 2.73. The van der Waals surface area contributed by atoms with Gasteiger partial charge in [-0.1, -0.05) is 0 Å². The number of aliphatic imine (C=N–C) groups is 1. The predicted octanol–water partition coefficient (Wildman–Crippen LogP) is -2.56. The average molecular weight is 434 g/mol. The number of carboxylic acid groups (broad SMARTS) is 1. The van der Waals surface area contributed by atoms with Gasteiger partial charge in [-0.15, -0.1) is 0 Å². The SMILES string of the molecule is CSCCC(N)C(=O)NC(CCC(N)=O)C(=O)NC(CCCN=C(N)N)C(=O)O. The summed E-state index contributed by atoms with van der Waals surface area (Å²) < 4.78 is 0. The second kappa shape index (κ2) is 14.5. The Kier molecular flexibility index (Phi) is 13.2. The normalized spacial score (nSPS) is 13.6. The molecule has 0 aromatic carbocycles. The third-order valence-electron chi connectivity index (χ3n) is 3.84. The molecule has 12 nitrogen and oxygen atoms in total. The Balaban J connectivity index is 5.00. The van der Waals surface area contributed by atoms with Crippen LogP contribution in [0.2, 0.25) is 0 Å². The molecule has 0 heterocycles. The molecule has 0 saturated heterocycles. The van der Waals surface area contributed by atoms with Gasteiger partial charge in [0.1, 0.15) is 12.1 Å². The number of amides is 3. The number of carboxylic acids is 1. The van der Waals surface area contributed by atoms with Gasteiger partial charge in [-0.25, -0.2) is 4.79 Å². The molecule has 11 N–H and O–H groups in total. The summed E-state index contributed by atoms with van der Waals surface area (Å²) in [6, 6.07) is -3.19. The zero-order valence-corrected chi connectivity index (χ0v) is 17.2. The van der Waals surface area contributed by atoms with Gasteiger partial charge >= 0.3 is 5.97 Å². The van der Waals surface area contributed by atoms with Crippen molar-refractivity contribution in [3.05, 3.63) is 0 Å². The summed E-state index contributed by atoms with van der Waals surface area (Å²) in [5.74, 6) is -2.68. The molecule has 29 heavy (non-hydrogen) atoms. The van der Waals surface area contributed by atoms with Crippen LogP contribution in [0.3, 0.4) is 0 Å². The molecule has 13 heteroatoms. The van der Waals surface area contributed by atoms with Crippen molar-refractivity contribution in [3.8, 4) is 0 Å². The van der Waals surface area contributed by atoms with Gasteiger partial charge in [-0.3, -0.25) is 19.4 Å². The first-order valence-electron chi connectivity index (χ1n) is 9.00. The van der Waals surface area contributed by atoms with E-state index in [-0.39, 0.29) is 31.8 Å². The number of guanidine groups is 1. The molecule has 3 amide bonds. The summed E-state index contributed by atoms with van der Waals surface area (Å²) in [7, 11) is 0. The number of hydrogen-bond acceptors (Lipinski definition) is 7. The van der Waals surface area contributed by atoms with E-state index in [4.69, 9.17) is 22.9 Å². The molecular formula is C16H31N7O5S. The maximum absolute atomic E-state index is 12.5. The Morgan fingerprint density at radius 1 is 1.00 bits per heavy atom. The molecule has 166 valence electrons. The third kappa shape index (κ3) is 12.5. The lowest BCUT2D eigenvalue weighted by Gasteiger charge is -2.22. The largest absolute Gasteiger partial charge is 0.480 e. The van der Waals surface area contributed by atoms with Crippen molar-refractivity contribution in [3.63, 3.8) is 0 Å². The highest BCUT2D eigenvalue weighted by atomic mass is 32.2. The van der Waals surface area contributed by atoms with Crippen LogP contribution in [0.15, 0.2) is 4.99 Å². The Morgan fingerprint density at radius 3 is 2.14 bits per heavy atom. The van der Waals surface area contributed by atoms with Gasteiger partial charge in [-0.05, 0) is 37.7 Å². The zero-order chi connectivity index (χ0) is 22.4. The van der Waals surface area contributed by atoms with Gasteiger partial charge in [0.25, 0.3) is 0 Å². The number of nitrogens with one attached hydrogen (secondary N) is 2. The highest BCUT2D eigenvalue weighted by Crippen LogP contribution is 2.05. The molecule has 0 radical (unpaired) electrons. The summed E-state index contributed by atoms with van der Waals surface area (Å²) in [6.07, 6.45) is 2.41. The molecule has 0 aromatic heterocycles. The second-order valence-electron chi connectivity index (χ2n) is 6.30. The summed E-state index contributed by atoms with van der Waals surface area (Å²) in [6.45, 7) is 0.202. The Bertz CT molecular complexity index is 598. The van der Waals surface area contributed by atoms with Gasteiger partial charge in [0.15, 0.2) is 5.96 Å². The van der Waals surface area contributed by atoms with Crippen molar-refractivity contribution in [1.29, 1.82) is 0 Å². The summed E-state index contributed by atoms with van der Waals surface area (Å²) in [4.78, 5) is 51.0. The van der Waals surface area contributed by atoms with Gasteiger partial charge < -0.3 is 38.7 Å². The molecule has 3 unspecified atom stereocenters. The average Bonchev–Trinajstić information content (AvgIpc) is 2.64. The zero-order valence-electron chi connectivity index (χ0n) is 16.4. The first-order chi connectivity index (χ1) is 13.6. The number of thioether (sulfide) groups is 1. The van der Waals surface area contributed by atoms with Gasteiger partial charge in [-0.2, -0.15) is 11.8 Å². The van der Waals surface area contributed by atoms with Gasteiger partial charge in [0.2, 0.25) is 17.7 Å². The van der Waals surface area contributed by atoms with E-state index in [1.54, 1.807) is 0 Å². The number of carbonyl (C=O) groups is 4. The fraction of sp³-hybridized carbons (Fsp3) is 0.688. The maximum atomic E-state index is 12.5. The van der Waals surface area contributed by atoms with Crippen LogP contribution in [0, 0.1) is 0 Å². The highest BCUT2D eigenvalue weighted by molar-refractivity contribution is 7.98. The van der Waals surface area contributed by atoms with E-state index in [1.807, 2.05) is 6.26 Å². The van der Waals surface area contributed by atoms with E-state index in [2.05, 4.69) is 15.6 Å². The molecule has 0 aromatic rings. The molecule has 0 rings (SSSR count). The minimum atomic E-state index is -1.25. The van der Waals surface area contributed by atoms with Crippen molar-refractivity contribution in [2.24, 2.45) is 27.9 Å². The Morgan fingerprint density at radius 2 is 1.62 bits per heavy atom. The number of rotatable bonds is 15. The second-order valence-corrected chi connectivity index (χ2v) is 7.29. The number of aliphatic carboxylic acids is 1. The van der Waals surface area contributed by atoms with Gasteiger partial charge in [0.05, 0.1) is 6.04 Å². The Labute approximate surface area is 173 Å². The highest BCUT2D eigenvalue weighted by Gasteiger charge is 2.28. The van der Waals surface area contributed by atoms with E-state index in [9.17, 15) is 24.3 Å². The third-order valence-corrected chi connectivity index (χ3v) is 4.49. The van der Waals surface area contributed by atoms with Crippen LogP contribution >= 0.6 is 11.8 Å². The lowest BCUT2D eigenvalue weighted by molar-refractivity contribution is -0.142. The van der Waals surface area contributed by atoms with Crippen molar-refractivity contribution in [2.45, 2.75) is 50.2 Å². The number of nitrogens with two attached hydrogens (primary N) is 4. The molecule has 0 aliphatic carbocycles. The Hall–Kier alpha value is -2.54. The quantitative estimate of drug-likeness (QED) is 0.0816. The van der Waals surface area contributed by atoms with E-state index >= 15 is 0 Å². The van der Waals surface area contributed by atoms with Gasteiger partial charge in [0, 0.05) is 13.0 Å². The number of primary amides is 1. The lowest BCUT2D eigenvalue weighted by atomic mass is 10.1. The van der Waals surface area contributed by atoms with Crippen molar-refractivity contribution < 1.29 is 24.3 Å². The fourth-order valence-electron chi connectivity index (χ4n) is 2.24. The van der Waals surface area contributed by atoms with E-state index in [0.717, 1.165) is 0 Å².